The minimum Gasteiger partial charge on any atom is -0.491 e. The molecule has 3 aliphatic heterocycles. The van der Waals surface area contributed by atoms with Gasteiger partial charge in [-0.15, -0.1) is 0 Å². The Bertz CT molecular complexity index is 1560. The van der Waals surface area contributed by atoms with E-state index >= 15 is 0 Å². The number of hydrogen-bond acceptors (Lipinski definition) is 6. The van der Waals surface area contributed by atoms with Crippen LogP contribution in [0.2, 0.25) is 0 Å². The summed E-state index contributed by atoms with van der Waals surface area (Å²) in [5.41, 5.74) is 2.00. The van der Waals surface area contributed by atoms with E-state index in [0.717, 1.165) is 22.3 Å². The molecule has 0 saturated carbocycles. The first-order valence-corrected chi connectivity index (χ1v) is 13.8. The van der Waals surface area contributed by atoms with E-state index in [9.17, 15) is 27.9 Å². The molecular formula is C29H32F3N5O5. The van der Waals surface area contributed by atoms with Crippen molar-refractivity contribution >= 4 is 29.1 Å². The van der Waals surface area contributed by atoms with Gasteiger partial charge in [0.2, 0.25) is 5.95 Å². The van der Waals surface area contributed by atoms with Gasteiger partial charge in [-0.3, -0.25) is 5.32 Å². The number of aromatic amines is 1. The van der Waals surface area contributed by atoms with Crippen LogP contribution in [0.25, 0.3) is 22.2 Å². The zero-order valence-corrected chi connectivity index (χ0v) is 23.4. The summed E-state index contributed by atoms with van der Waals surface area (Å²) in [4.78, 5) is 36.0. The number of benzene rings is 2. The molecule has 10 nitrogen and oxygen atoms in total. The zero-order chi connectivity index (χ0) is 30.0. The maximum Gasteiger partial charge on any atom is 0.417 e. The maximum absolute atomic E-state index is 13.9. The van der Waals surface area contributed by atoms with E-state index < -0.39 is 42.8 Å². The third-order valence-corrected chi connectivity index (χ3v) is 8.73. The zero-order valence-electron chi connectivity index (χ0n) is 23.4. The molecule has 3 aliphatic rings. The molecule has 0 radical (unpaired) electrons. The van der Waals surface area contributed by atoms with Crippen molar-refractivity contribution in [2.75, 3.05) is 25.6 Å². The lowest BCUT2D eigenvalue weighted by molar-refractivity contribution is -0.277. The molecule has 2 fully saturated rings. The Morgan fingerprint density at radius 1 is 1.21 bits per heavy atom. The first-order chi connectivity index (χ1) is 19.9. The van der Waals surface area contributed by atoms with Gasteiger partial charge < -0.3 is 29.4 Å². The number of piperidine rings is 1. The van der Waals surface area contributed by atoms with Crippen LogP contribution in [0, 0.1) is 12.8 Å². The molecular weight excluding hydrogens is 555 g/mol. The lowest BCUT2D eigenvalue weighted by atomic mass is 9.84. The van der Waals surface area contributed by atoms with E-state index in [4.69, 9.17) is 4.74 Å². The number of methoxy groups -OCH3 is 1. The van der Waals surface area contributed by atoms with Crippen molar-refractivity contribution < 1.29 is 37.3 Å². The van der Waals surface area contributed by atoms with Gasteiger partial charge in [-0.1, -0.05) is 13.0 Å². The highest BCUT2D eigenvalue weighted by Crippen LogP contribution is 2.50. The molecule has 4 unspecified atom stereocenters. The molecule has 3 aromatic rings. The standard InChI is InChI=1S/C29H32F3N5O5/c1-15-9-20-12-28(40,29(30,31)32)13-23(15)37(20)27(39)36-6-7-42-24-16(2)8-18(10-19(24)14-36)17-4-5-21-22(11-17)34-25(33-21)35-26(38)41-3/h4-5,8,10-11,15,20,23,40H,6-7,9,12-14H2,1-3H3,(H2,33,34,35,38). The fraction of sp³-hybridized carbons (Fsp3) is 0.483. The van der Waals surface area contributed by atoms with Crippen LogP contribution in [-0.4, -0.2) is 81.1 Å². The SMILES string of the molecule is COC(=O)Nc1nc2ccc(-c3cc(C)c4c(c3)CN(C(=O)N3C5CC(C)C3CC(O)(C(F)(F)F)C5)CCO4)cc2[nH]1. The Hall–Kier alpha value is -4.00. The van der Waals surface area contributed by atoms with Gasteiger partial charge in [0.05, 0.1) is 31.2 Å². The average Bonchev–Trinajstić information content (AvgIpc) is 3.31. The normalized spacial score (nSPS) is 25.5. The fourth-order valence-corrected chi connectivity index (χ4v) is 6.68. The van der Waals surface area contributed by atoms with Crippen LogP contribution in [0.3, 0.4) is 0 Å². The second-order valence-corrected chi connectivity index (χ2v) is 11.5. The molecule has 42 heavy (non-hydrogen) atoms. The van der Waals surface area contributed by atoms with E-state index in [1.807, 2.05) is 44.2 Å². The van der Waals surface area contributed by atoms with Gasteiger partial charge in [-0.2, -0.15) is 13.2 Å². The molecule has 224 valence electrons. The van der Waals surface area contributed by atoms with Crippen molar-refractivity contribution in [2.45, 2.75) is 63.5 Å². The number of amides is 3. The van der Waals surface area contributed by atoms with E-state index in [1.165, 1.54) is 7.11 Å². The van der Waals surface area contributed by atoms with Crippen LogP contribution in [0.1, 0.15) is 37.3 Å². The molecule has 4 atom stereocenters. The lowest BCUT2D eigenvalue weighted by Gasteiger charge is -2.46. The number of nitrogens with zero attached hydrogens (tertiary/aromatic N) is 3. The first-order valence-electron chi connectivity index (χ1n) is 13.8. The Morgan fingerprint density at radius 3 is 2.71 bits per heavy atom. The summed E-state index contributed by atoms with van der Waals surface area (Å²) in [7, 11) is 1.26. The number of hydrogen-bond donors (Lipinski definition) is 3. The number of ether oxygens (including phenoxy) is 2. The van der Waals surface area contributed by atoms with E-state index in [0.29, 0.717) is 23.2 Å². The molecule has 0 spiro atoms. The fourth-order valence-electron chi connectivity index (χ4n) is 6.68. The van der Waals surface area contributed by atoms with Gasteiger partial charge in [0, 0.05) is 30.5 Å². The number of aliphatic hydroxyl groups is 1. The quantitative estimate of drug-likeness (QED) is 0.379. The number of nitrogens with one attached hydrogen (secondary N) is 2. The number of urea groups is 1. The second-order valence-electron chi connectivity index (χ2n) is 11.5. The van der Waals surface area contributed by atoms with Gasteiger partial charge in [0.15, 0.2) is 5.60 Å². The number of carbonyl (C=O) groups excluding carboxylic acids is 2. The summed E-state index contributed by atoms with van der Waals surface area (Å²) in [6, 6.07) is 7.87. The molecule has 1 aromatic heterocycles. The van der Waals surface area contributed by atoms with Crippen molar-refractivity contribution in [2.24, 2.45) is 5.92 Å². The van der Waals surface area contributed by atoms with Crippen molar-refractivity contribution in [3.63, 3.8) is 0 Å². The van der Waals surface area contributed by atoms with Gasteiger partial charge in [-0.25, -0.2) is 14.6 Å². The summed E-state index contributed by atoms with van der Waals surface area (Å²) >= 11 is 0. The summed E-state index contributed by atoms with van der Waals surface area (Å²) in [5.74, 6) is 0.785. The van der Waals surface area contributed by atoms with E-state index in [1.54, 1.807) is 9.80 Å². The number of rotatable bonds is 2. The monoisotopic (exact) mass is 587 g/mol. The highest BCUT2D eigenvalue weighted by atomic mass is 19.4. The predicted molar refractivity (Wildman–Crippen MR) is 147 cm³/mol. The van der Waals surface area contributed by atoms with E-state index in [2.05, 4.69) is 20.0 Å². The lowest BCUT2D eigenvalue weighted by Crippen LogP contribution is -2.61. The Kier molecular flexibility index (Phi) is 6.75. The number of H-pyrrole nitrogens is 1. The number of carbonyl (C=O) groups is 2. The van der Waals surface area contributed by atoms with Crippen LogP contribution in [0.4, 0.5) is 28.7 Å². The average molecular weight is 588 g/mol. The summed E-state index contributed by atoms with van der Waals surface area (Å²) in [6.07, 6.45) is -5.99. The molecule has 6 rings (SSSR count). The van der Waals surface area contributed by atoms with Crippen LogP contribution in [0.5, 0.6) is 5.75 Å². The van der Waals surface area contributed by atoms with Gasteiger partial charge in [0.25, 0.3) is 0 Å². The molecule has 2 aromatic carbocycles. The second kappa shape index (κ2) is 10.1. The van der Waals surface area contributed by atoms with Crippen molar-refractivity contribution in [3.05, 3.63) is 41.5 Å². The van der Waals surface area contributed by atoms with Crippen LogP contribution < -0.4 is 10.1 Å². The minimum atomic E-state index is -4.75. The van der Waals surface area contributed by atoms with Crippen LogP contribution in [0.15, 0.2) is 30.3 Å². The maximum atomic E-state index is 13.9. The Morgan fingerprint density at radius 2 is 2.00 bits per heavy atom. The molecule has 13 heteroatoms. The Labute approximate surface area is 239 Å². The topological polar surface area (TPSA) is 120 Å². The van der Waals surface area contributed by atoms with Gasteiger partial charge in [-0.05, 0) is 60.2 Å². The number of aryl methyl sites for hydroxylation is 1. The smallest absolute Gasteiger partial charge is 0.417 e. The number of imidazole rings is 1. The molecule has 0 aliphatic carbocycles. The predicted octanol–water partition coefficient (Wildman–Crippen LogP) is 5.20. The molecule has 4 heterocycles. The van der Waals surface area contributed by atoms with E-state index in [-0.39, 0.29) is 37.6 Å². The highest BCUT2D eigenvalue weighted by molar-refractivity contribution is 5.88. The van der Waals surface area contributed by atoms with Gasteiger partial charge >= 0.3 is 18.3 Å². The van der Waals surface area contributed by atoms with Crippen molar-refractivity contribution in [3.8, 4) is 16.9 Å². The Balaban J connectivity index is 1.26. The number of halogens is 3. The first kappa shape index (κ1) is 28.1. The molecule has 2 bridgehead atoms. The van der Waals surface area contributed by atoms with Crippen LogP contribution in [-0.2, 0) is 11.3 Å². The van der Waals surface area contributed by atoms with Crippen LogP contribution >= 0.6 is 0 Å². The highest BCUT2D eigenvalue weighted by Gasteiger charge is 2.63. The molecule has 3 N–H and O–H groups in total. The number of anilines is 1. The minimum absolute atomic E-state index is 0.152. The summed E-state index contributed by atoms with van der Waals surface area (Å²) in [5, 5.41) is 13.0. The largest absolute Gasteiger partial charge is 0.491 e. The number of fused-ring (bicyclic) bond motifs is 4. The number of aromatic nitrogens is 2. The van der Waals surface area contributed by atoms with Crippen molar-refractivity contribution in [1.82, 2.24) is 19.8 Å². The molecule has 2 saturated heterocycles. The van der Waals surface area contributed by atoms with Gasteiger partial charge in [0.1, 0.15) is 12.4 Å². The third-order valence-electron chi connectivity index (χ3n) is 8.73. The van der Waals surface area contributed by atoms with Crippen molar-refractivity contribution in [1.29, 1.82) is 0 Å². The third kappa shape index (κ3) is 4.79. The summed E-state index contributed by atoms with van der Waals surface area (Å²) < 4.78 is 51.7. The molecule has 3 amide bonds. The number of alkyl halides is 3. The summed E-state index contributed by atoms with van der Waals surface area (Å²) in [6.45, 7) is 4.54.